The predicted octanol–water partition coefficient (Wildman–Crippen LogP) is 2.93. The summed E-state index contributed by atoms with van der Waals surface area (Å²) in [6, 6.07) is 7.22. The largest absolute Gasteiger partial charge is 0.465 e. The molecule has 0 radical (unpaired) electrons. The number of esters is 1. The lowest BCUT2D eigenvalue weighted by Gasteiger charge is -2.10. The molecule has 1 aromatic carbocycles. The highest BCUT2D eigenvalue weighted by molar-refractivity contribution is 8.00. The average molecular weight is 252 g/mol. The van der Waals surface area contributed by atoms with Crippen molar-refractivity contribution in [1.82, 2.24) is 0 Å². The van der Waals surface area contributed by atoms with E-state index in [1.54, 1.807) is 19.1 Å². The maximum absolute atomic E-state index is 11.4. The first kappa shape index (κ1) is 13.8. The van der Waals surface area contributed by atoms with E-state index in [0.29, 0.717) is 12.2 Å². The fourth-order valence-electron chi connectivity index (χ4n) is 1.28. The maximum Gasteiger partial charge on any atom is 0.319 e. The Morgan fingerprint density at radius 3 is 2.35 bits per heavy atom. The Morgan fingerprint density at radius 1 is 1.29 bits per heavy atom. The Hall–Kier alpha value is -1.29. The fourth-order valence-corrected chi connectivity index (χ4v) is 2.15. The minimum absolute atomic E-state index is 0.0417. The second-order valence-corrected chi connectivity index (χ2v) is 5.01. The minimum Gasteiger partial charge on any atom is -0.465 e. The van der Waals surface area contributed by atoms with Crippen LogP contribution in [0.1, 0.15) is 31.1 Å². The summed E-state index contributed by atoms with van der Waals surface area (Å²) in [5.74, 6) is -0.173. The van der Waals surface area contributed by atoms with Gasteiger partial charge >= 0.3 is 5.97 Å². The molecule has 0 saturated heterocycles. The van der Waals surface area contributed by atoms with Crippen LogP contribution in [0, 0.1) is 0 Å². The normalized spacial score (nSPS) is 11.9. The van der Waals surface area contributed by atoms with Gasteiger partial charge in [-0.2, -0.15) is 0 Å². The van der Waals surface area contributed by atoms with Gasteiger partial charge < -0.3 is 4.74 Å². The van der Waals surface area contributed by atoms with Crippen LogP contribution in [0.5, 0.6) is 0 Å². The Morgan fingerprint density at radius 2 is 1.88 bits per heavy atom. The van der Waals surface area contributed by atoms with E-state index in [4.69, 9.17) is 4.74 Å². The Kier molecular flexibility index (Phi) is 5.22. The van der Waals surface area contributed by atoms with Gasteiger partial charge in [-0.05, 0) is 32.9 Å². The summed E-state index contributed by atoms with van der Waals surface area (Å²) >= 11 is 1.43. The van der Waals surface area contributed by atoms with Gasteiger partial charge in [-0.1, -0.05) is 12.1 Å². The molecule has 0 spiro atoms. The molecule has 1 atom stereocenters. The smallest absolute Gasteiger partial charge is 0.319 e. The van der Waals surface area contributed by atoms with Crippen LogP contribution >= 0.6 is 11.8 Å². The number of ether oxygens (including phenoxy) is 1. The number of rotatable bonds is 5. The molecule has 1 aromatic rings. The van der Waals surface area contributed by atoms with Crippen molar-refractivity contribution in [3.05, 3.63) is 29.8 Å². The highest BCUT2D eigenvalue weighted by atomic mass is 32.2. The van der Waals surface area contributed by atoms with Crippen LogP contribution in [0.25, 0.3) is 0 Å². The number of carbonyl (C=O) groups is 2. The Balaban J connectivity index is 2.63. The third kappa shape index (κ3) is 4.23. The number of ketones is 1. The molecule has 92 valence electrons. The molecular weight excluding hydrogens is 236 g/mol. The summed E-state index contributed by atoms with van der Waals surface area (Å²) in [4.78, 5) is 23.5. The molecule has 0 N–H and O–H groups in total. The van der Waals surface area contributed by atoms with E-state index in [0.717, 1.165) is 4.90 Å². The van der Waals surface area contributed by atoms with Gasteiger partial charge in [-0.25, -0.2) is 0 Å². The molecule has 0 aliphatic carbocycles. The van der Waals surface area contributed by atoms with Gasteiger partial charge in [0.25, 0.3) is 0 Å². The van der Waals surface area contributed by atoms with Crippen LogP contribution in [0.3, 0.4) is 0 Å². The van der Waals surface area contributed by atoms with Gasteiger partial charge in [-0.3, -0.25) is 9.59 Å². The topological polar surface area (TPSA) is 43.4 Å². The molecule has 0 saturated carbocycles. The van der Waals surface area contributed by atoms with Crippen molar-refractivity contribution >= 4 is 23.5 Å². The average Bonchev–Trinajstić information content (AvgIpc) is 2.30. The van der Waals surface area contributed by atoms with Crippen LogP contribution in [-0.2, 0) is 9.53 Å². The van der Waals surface area contributed by atoms with Gasteiger partial charge in [0.1, 0.15) is 5.25 Å². The maximum atomic E-state index is 11.4. The highest BCUT2D eigenvalue weighted by Crippen LogP contribution is 2.24. The number of hydrogen-bond donors (Lipinski definition) is 0. The van der Waals surface area contributed by atoms with Gasteiger partial charge in [0, 0.05) is 10.5 Å². The zero-order chi connectivity index (χ0) is 12.8. The quantitative estimate of drug-likeness (QED) is 0.459. The molecule has 0 heterocycles. The van der Waals surface area contributed by atoms with Crippen LogP contribution in [0.4, 0.5) is 0 Å². The van der Waals surface area contributed by atoms with E-state index >= 15 is 0 Å². The number of carbonyl (C=O) groups excluding carboxylic acids is 2. The van der Waals surface area contributed by atoms with Gasteiger partial charge in [0.05, 0.1) is 6.61 Å². The summed E-state index contributed by atoms with van der Waals surface area (Å²) in [6.07, 6.45) is 0. The molecular formula is C13H16O3S. The fraction of sp³-hybridized carbons (Fsp3) is 0.385. The van der Waals surface area contributed by atoms with Crippen molar-refractivity contribution in [2.24, 2.45) is 0 Å². The Bertz CT molecular complexity index is 398. The SMILES string of the molecule is CCOC(=O)C(C)Sc1ccc(C(C)=O)cc1. The molecule has 0 aliphatic heterocycles. The van der Waals surface area contributed by atoms with Gasteiger partial charge in [-0.15, -0.1) is 11.8 Å². The van der Waals surface area contributed by atoms with Crippen LogP contribution in [0.2, 0.25) is 0 Å². The van der Waals surface area contributed by atoms with Crippen molar-refractivity contribution < 1.29 is 14.3 Å². The molecule has 0 bridgehead atoms. The third-order valence-corrected chi connectivity index (χ3v) is 3.28. The number of benzene rings is 1. The molecule has 1 unspecified atom stereocenters. The Labute approximate surface area is 106 Å². The van der Waals surface area contributed by atoms with E-state index in [1.165, 1.54) is 18.7 Å². The lowest BCUT2D eigenvalue weighted by molar-refractivity contribution is -0.142. The van der Waals surface area contributed by atoms with Crippen molar-refractivity contribution in [2.45, 2.75) is 30.9 Å². The molecule has 0 amide bonds. The standard InChI is InChI=1S/C13H16O3S/c1-4-16-13(15)10(3)17-12-7-5-11(6-8-12)9(2)14/h5-8,10H,4H2,1-3H3. The van der Waals surface area contributed by atoms with E-state index in [-0.39, 0.29) is 17.0 Å². The highest BCUT2D eigenvalue weighted by Gasteiger charge is 2.15. The third-order valence-electron chi connectivity index (χ3n) is 2.19. The molecule has 0 aromatic heterocycles. The number of thioether (sulfide) groups is 1. The lowest BCUT2D eigenvalue weighted by Crippen LogP contribution is -2.16. The van der Waals surface area contributed by atoms with Crippen molar-refractivity contribution in [3.8, 4) is 0 Å². The lowest BCUT2D eigenvalue weighted by atomic mass is 10.2. The van der Waals surface area contributed by atoms with Crippen molar-refractivity contribution in [2.75, 3.05) is 6.61 Å². The molecule has 17 heavy (non-hydrogen) atoms. The van der Waals surface area contributed by atoms with E-state index < -0.39 is 0 Å². The van der Waals surface area contributed by atoms with Crippen molar-refractivity contribution in [1.29, 1.82) is 0 Å². The number of hydrogen-bond acceptors (Lipinski definition) is 4. The zero-order valence-corrected chi connectivity index (χ0v) is 11.0. The summed E-state index contributed by atoms with van der Waals surface area (Å²) in [7, 11) is 0. The first-order valence-corrected chi connectivity index (χ1v) is 6.37. The predicted molar refractivity (Wildman–Crippen MR) is 68.4 cm³/mol. The summed E-state index contributed by atoms with van der Waals surface area (Å²) in [5.41, 5.74) is 0.679. The van der Waals surface area contributed by atoms with Crippen molar-refractivity contribution in [3.63, 3.8) is 0 Å². The molecule has 3 nitrogen and oxygen atoms in total. The molecule has 4 heteroatoms. The molecule has 1 rings (SSSR count). The summed E-state index contributed by atoms with van der Waals surface area (Å²) < 4.78 is 4.92. The van der Waals surface area contributed by atoms with E-state index in [2.05, 4.69) is 0 Å². The molecule has 0 fully saturated rings. The minimum atomic E-state index is -0.238. The van der Waals surface area contributed by atoms with Crippen LogP contribution in [0.15, 0.2) is 29.2 Å². The molecule has 0 aliphatic rings. The van der Waals surface area contributed by atoms with Gasteiger partial charge in [0.15, 0.2) is 5.78 Å². The summed E-state index contributed by atoms with van der Waals surface area (Å²) in [6.45, 7) is 5.52. The van der Waals surface area contributed by atoms with E-state index in [9.17, 15) is 9.59 Å². The van der Waals surface area contributed by atoms with Gasteiger partial charge in [0.2, 0.25) is 0 Å². The monoisotopic (exact) mass is 252 g/mol. The van der Waals surface area contributed by atoms with Crippen LogP contribution < -0.4 is 0 Å². The zero-order valence-electron chi connectivity index (χ0n) is 10.2. The second kappa shape index (κ2) is 6.45. The first-order chi connectivity index (χ1) is 8.04. The number of Topliss-reactive ketones (excluding diaryl/α,β-unsaturated/α-hetero) is 1. The summed E-state index contributed by atoms with van der Waals surface area (Å²) in [5, 5.41) is -0.238. The van der Waals surface area contributed by atoms with Crippen LogP contribution in [-0.4, -0.2) is 23.6 Å². The van der Waals surface area contributed by atoms with E-state index in [1.807, 2.05) is 19.1 Å². The second-order valence-electron chi connectivity index (χ2n) is 3.59. The first-order valence-electron chi connectivity index (χ1n) is 5.49.